The van der Waals surface area contributed by atoms with Crippen molar-refractivity contribution in [3.05, 3.63) is 53.4 Å². The zero-order chi connectivity index (χ0) is 19.0. The molecule has 1 aromatic carbocycles. The third-order valence-electron chi connectivity index (χ3n) is 5.85. The van der Waals surface area contributed by atoms with Crippen LogP contribution in [0.2, 0.25) is 0 Å². The molecule has 1 fully saturated rings. The second kappa shape index (κ2) is 6.79. The van der Waals surface area contributed by atoms with Gasteiger partial charge in [0.1, 0.15) is 5.82 Å². The Balaban J connectivity index is 1.49. The minimum Gasteiger partial charge on any atom is -0.348 e. The first kappa shape index (κ1) is 17.7. The van der Waals surface area contributed by atoms with Crippen molar-refractivity contribution in [2.45, 2.75) is 38.1 Å². The molecule has 2 aliphatic rings. The van der Waals surface area contributed by atoms with E-state index in [0.717, 1.165) is 23.4 Å². The van der Waals surface area contributed by atoms with Crippen molar-refractivity contribution in [3.8, 4) is 0 Å². The molecule has 0 saturated carbocycles. The van der Waals surface area contributed by atoms with Crippen LogP contribution in [-0.2, 0) is 28.0 Å². The monoisotopic (exact) mass is 370 g/mol. The third kappa shape index (κ3) is 3.11. The Hall–Kier alpha value is -2.70. The normalized spacial score (nSPS) is 18.4. The van der Waals surface area contributed by atoms with Crippen LogP contribution in [0.5, 0.6) is 0 Å². The van der Waals surface area contributed by atoms with Crippen molar-refractivity contribution >= 4 is 11.8 Å². The molecular weight excluding hydrogens is 347 g/mol. The van der Waals surface area contributed by atoms with Crippen LogP contribution in [0.25, 0.3) is 0 Å². The van der Waals surface area contributed by atoms with Gasteiger partial charge in [-0.1, -0.05) is 12.1 Å². The molecule has 1 aromatic heterocycles. The molecule has 142 valence electrons. The fourth-order valence-corrected chi connectivity index (χ4v) is 4.46. The van der Waals surface area contributed by atoms with Gasteiger partial charge < -0.3 is 14.8 Å². The Morgan fingerprint density at radius 1 is 1.19 bits per heavy atom. The number of halogens is 1. The van der Waals surface area contributed by atoms with Crippen molar-refractivity contribution in [1.82, 2.24) is 19.8 Å². The van der Waals surface area contributed by atoms with Crippen molar-refractivity contribution in [3.63, 3.8) is 0 Å². The van der Waals surface area contributed by atoms with E-state index in [4.69, 9.17) is 0 Å². The summed E-state index contributed by atoms with van der Waals surface area (Å²) in [6.45, 7) is 3.44. The maximum Gasteiger partial charge on any atom is 0.226 e. The van der Waals surface area contributed by atoms with Crippen LogP contribution in [0, 0.1) is 5.82 Å². The number of imidazole rings is 1. The van der Waals surface area contributed by atoms with Crippen LogP contribution in [0.3, 0.4) is 0 Å². The molecule has 1 N–H and O–H groups in total. The highest BCUT2D eigenvalue weighted by atomic mass is 19.1. The number of piperidine rings is 1. The van der Waals surface area contributed by atoms with Gasteiger partial charge in [0.2, 0.25) is 11.8 Å². The molecule has 4 rings (SSSR count). The average Bonchev–Trinajstić information content (AvgIpc) is 3.14. The molecule has 0 aliphatic carbocycles. The van der Waals surface area contributed by atoms with Crippen LogP contribution in [0.4, 0.5) is 4.39 Å². The van der Waals surface area contributed by atoms with E-state index in [9.17, 15) is 14.0 Å². The highest BCUT2D eigenvalue weighted by molar-refractivity contribution is 5.79. The quantitative estimate of drug-likeness (QED) is 0.879. The third-order valence-corrected chi connectivity index (χ3v) is 5.85. The van der Waals surface area contributed by atoms with E-state index < -0.39 is 5.54 Å². The number of nitrogens with zero attached hydrogens (tertiary/aromatic N) is 3. The molecule has 7 heteroatoms. The molecule has 0 unspecified atom stereocenters. The molecule has 1 spiro atoms. The lowest BCUT2D eigenvalue weighted by atomic mass is 9.78. The summed E-state index contributed by atoms with van der Waals surface area (Å²) in [5, 5.41) is 0. The summed E-state index contributed by atoms with van der Waals surface area (Å²) in [5.41, 5.74) is 2.43. The van der Waals surface area contributed by atoms with Gasteiger partial charge in [-0.15, -0.1) is 0 Å². The molecule has 0 radical (unpaired) electrons. The molecule has 0 atom stereocenters. The number of aromatic nitrogens is 2. The Kier molecular flexibility index (Phi) is 4.45. The number of hydrogen-bond acceptors (Lipinski definition) is 3. The van der Waals surface area contributed by atoms with Gasteiger partial charge in [-0.3, -0.25) is 9.59 Å². The van der Waals surface area contributed by atoms with Gasteiger partial charge >= 0.3 is 0 Å². The largest absolute Gasteiger partial charge is 0.348 e. The lowest BCUT2D eigenvalue weighted by Crippen LogP contribution is -2.58. The topological polar surface area (TPSA) is 69.3 Å². The second-order valence-corrected chi connectivity index (χ2v) is 7.37. The molecule has 0 bridgehead atoms. The SMILES string of the molecule is CC(=O)N1CCc2[nH]cnc2C12CCN(C(=O)Cc1ccc(F)cc1)CC2. The van der Waals surface area contributed by atoms with Crippen LogP contribution < -0.4 is 0 Å². The molecule has 3 heterocycles. The van der Waals surface area contributed by atoms with Gasteiger partial charge in [-0.2, -0.15) is 0 Å². The van der Waals surface area contributed by atoms with Gasteiger partial charge in [-0.25, -0.2) is 9.37 Å². The van der Waals surface area contributed by atoms with Crippen molar-refractivity contribution in [2.24, 2.45) is 0 Å². The number of nitrogens with one attached hydrogen (secondary N) is 1. The lowest BCUT2D eigenvalue weighted by molar-refractivity contribution is -0.142. The maximum absolute atomic E-state index is 13.0. The van der Waals surface area contributed by atoms with Crippen LogP contribution in [0.15, 0.2) is 30.6 Å². The molecule has 2 amide bonds. The summed E-state index contributed by atoms with van der Waals surface area (Å²) < 4.78 is 13.0. The molecule has 2 aromatic rings. The van der Waals surface area contributed by atoms with E-state index in [1.54, 1.807) is 25.4 Å². The number of H-pyrrole nitrogens is 1. The van der Waals surface area contributed by atoms with E-state index in [0.29, 0.717) is 32.5 Å². The summed E-state index contributed by atoms with van der Waals surface area (Å²) in [5.74, 6) is -0.221. The minimum absolute atomic E-state index is 0.0314. The molecular formula is C20H23FN4O2. The Morgan fingerprint density at radius 2 is 1.89 bits per heavy atom. The summed E-state index contributed by atoms with van der Waals surface area (Å²) in [4.78, 5) is 36.4. The van der Waals surface area contributed by atoms with Gasteiger partial charge in [-0.05, 0) is 30.5 Å². The number of benzene rings is 1. The predicted octanol–water partition coefficient (Wildman–Crippen LogP) is 2.01. The van der Waals surface area contributed by atoms with Gasteiger partial charge in [0.05, 0.1) is 24.0 Å². The number of amides is 2. The summed E-state index contributed by atoms with van der Waals surface area (Å²) in [6, 6.07) is 6.04. The average molecular weight is 370 g/mol. The number of rotatable bonds is 2. The highest BCUT2D eigenvalue weighted by Gasteiger charge is 2.48. The van der Waals surface area contributed by atoms with Gasteiger partial charge in [0, 0.05) is 38.7 Å². The van der Waals surface area contributed by atoms with E-state index in [2.05, 4.69) is 9.97 Å². The number of fused-ring (bicyclic) bond motifs is 2. The van der Waals surface area contributed by atoms with Gasteiger partial charge in [0.15, 0.2) is 0 Å². The molecule has 1 saturated heterocycles. The first-order chi connectivity index (χ1) is 13.0. The number of likely N-dealkylation sites (tertiary alicyclic amines) is 1. The zero-order valence-corrected chi connectivity index (χ0v) is 15.4. The lowest BCUT2D eigenvalue weighted by Gasteiger charge is -2.50. The van der Waals surface area contributed by atoms with Gasteiger partial charge in [0.25, 0.3) is 0 Å². The Labute approximate surface area is 157 Å². The van der Waals surface area contributed by atoms with E-state index >= 15 is 0 Å². The van der Waals surface area contributed by atoms with Crippen molar-refractivity contribution in [2.75, 3.05) is 19.6 Å². The fourth-order valence-electron chi connectivity index (χ4n) is 4.46. The predicted molar refractivity (Wildman–Crippen MR) is 97.3 cm³/mol. The maximum atomic E-state index is 13.0. The van der Waals surface area contributed by atoms with E-state index in [1.165, 1.54) is 12.1 Å². The van der Waals surface area contributed by atoms with Crippen molar-refractivity contribution < 1.29 is 14.0 Å². The van der Waals surface area contributed by atoms with Crippen LogP contribution >= 0.6 is 0 Å². The zero-order valence-electron chi connectivity index (χ0n) is 15.4. The smallest absolute Gasteiger partial charge is 0.226 e. The number of carbonyl (C=O) groups excluding carboxylic acids is 2. The first-order valence-corrected chi connectivity index (χ1v) is 9.33. The van der Waals surface area contributed by atoms with Crippen LogP contribution in [0.1, 0.15) is 36.7 Å². The van der Waals surface area contributed by atoms with Crippen LogP contribution in [-0.4, -0.2) is 51.2 Å². The molecule has 2 aliphatic heterocycles. The summed E-state index contributed by atoms with van der Waals surface area (Å²) in [6.07, 6.45) is 4.10. The first-order valence-electron chi connectivity index (χ1n) is 9.33. The van der Waals surface area contributed by atoms with Crippen molar-refractivity contribution in [1.29, 1.82) is 0 Å². The molecule has 27 heavy (non-hydrogen) atoms. The van der Waals surface area contributed by atoms with E-state index in [1.807, 2.05) is 9.80 Å². The number of aromatic amines is 1. The molecule has 6 nitrogen and oxygen atoms in total. The fraction of sp³-hybridized carbons (Fsp3) is 0.450. The van der Waals surface area contributed by atoms with E-state index in [-0.39, 0.29) is 24.1 Å². The number of carbonyl (C=O) groups is 2. The Morgan fingerprint density at radius 3 is 2.56 bits per heavy atom. The summed E-state index contributed by atoms with van der Waals surface area (Å²) >= 11 is 0. The highest BCUT2D eigenvalue weighted by Crippen LogP contribution is 2.42. The number of hydrogen-bond donors (Lipinski definition) is 1. The Bertz CT molecular complexity index is 853. The summed E-state index contributed by atoms with van der Waals surface area (Å²) in [7, 11) is 0. The standard InChI is InChI=1S/C20H23FN4O2/c1-14(26)25-9-6-17-19(23-13-22-17)20(25)7-10-24(11-8-20)18(27)12-15-2-4-16(21)5-3-15/h2-5,13H,6-12H2,1H3,(H,22,23). The minimum atomic E-state index is -0.425. The second-order valence-electron chi connectivity index (χ2n) is 7.37.